The normalized spacial score (nSPS) is 13.4. The Morgan fingerprint density at radius 1 is 1.16 bits per heavy atom. The summed E-state index contributed by atoms with van der Waals surface area (Å²) in [6, 6.07) is 12.4. The summed E-state index contributed by atoms with van der Waals surface area (Å²) in [5.41, 5.74) is 4.82. The lowest BCUT2D eigenvalue weighted by molar-refractivity contribution is 0.287. The van der Waals surface area contributed by atoms with Gasteiger partial charge in [0.25, 0.3) is 0 Å². The average Bonchev–Trinajstić information content (AvgIpc) is 3.46. The lowest BCUT2D eigenvalue weighted by Gasteiger charge is -2.17. The summed E-state index contributed by atoms with van der Waals surface area (Å²) in [4.78, 5) is 0. The second-order valence-corrected chi connectivity index (χ2v) is 6.73. The molecule has 0 bridgehead atoms. The number of rotatable bonds is 6. The van der Waals surface area contributed by atoms with Crippen molar-refractivity contribution in [1.29, 1.82) is 0 Å². The van der Waals surface area contributed by atoms with Gasteiger partial charge in [0.15, 0.2) is 0 Å². The molecule has 0 radical (unpaired) electrons. The highest BCUT2D eigenvalue weighted by atomic mass is 32.1. The van der Waals surface area contributed by atoms with Gasteiger partial charge in [-0.2, -0.15) is 0 Å². The van der Waals surface area contributed by atoms with Crippen molar-refractivity contribution in [3.63, 3.8) is 0 Å². The van der Waals surface area contributed by atoms with E-state index in [1.165, 1.54) is 31.1 Å². The quantitative estimate of drug-likeness (QED) is 0.654. The second kappa shape index (κ2) is 7.87. The van der Waals surface area contributed by atoms with Crippen molar-refractivity contribution in [2.75, 3.05) is 7.11 Å². The van der Waals surface area contributed by atoms with E-state index in [9.17, 15) is 0 Å². The van der Waals surface area contributed by atoms with E-state index in [0.29, 0.717) is 12.5 Å². The predicted molar refractivity (Wildman–Crippen MR) is 104 cm³/mol. The minimum Gasteiger partial charge on any atom is -0.488 e. The molecular weight excluding hydrogens is 332 g/mol. The van der Waals surface area contributed by atoms with Crippen LogP contribution in [0.4, 0.5) is 0 Å². The summed E-state index contributed by atoms with van der Waals surface area (Å²) in [5, 5.41) is 0.123. The highest BCUT2D eigenvalue weighted by molar-refractivity contribution is 7.79. The van der Waals surface area contributed by atoms with E-state index in [0.717, 1.165) is 29.0 Å². The average molecular weight is 356 g/mol. The van der Waals surface area contributed by atoms with Crippen molar-refractivity contribution < 1.29 is 14.2 Å². The van der Waals surface area contributed by atoms with Gasteiger partial charge in [0.05, 0.1) is 7.11 Å². The third-order valence-electron chi connectivity index (χ3n) is 4.57. The highest BCUT2D eigenvalue weighted by Gasteiger charge is 2.28. The van der Waals surface area contributed by atoms with E-state index in [-0.39, 0.29) is 5.24 Å². The Balaban J connectivity index is 1.84. The summed E-state index contributed by atoms with van der Waals surface area (Å²) in [6.45, 7) is 4.70. The smallest absolute Gasteiger partial charge is 0.357 e. The topological polar surface area (TPSA) is 27.7 Å². The third kappa shape index (κ3) is 4.31. The Labute approximate surface area is 154 Å². The van der Waals surface area contributed by atoms with E-state index in [4.69, 9.17) is 26.4 Å². The maximum absolute atomic E-state index is 6.13. The van der Waals surface area contributed by atoms with E-state index in [2.05, 4.69) is 32.0 Å². The molecule has 1 fully saturated rings. The van der Waals surface area contributed by atoms with E-state index >= 15 is 0 Å². The van der Waals surface area contributed by atoms with Crippen LogP contribution in [0.25, 0.3) is 0 Å². The summed E-state index contributed by atoms with van der Waals surface area (Å²) < 4.78 is 16.8. The SMILES string of the molecule is CCc1ccc(OCc2c(OC(=S)OC)cccc2C2CC2)c(C)c1. The van der Waals surface area contributed by atoms with E-state index < -0.39 is 0 Å². The zero-order valence-corrected chi connectivity index (χ0v) is 15.8. The Hall–Kier alpha value is -2.07. The van der Waals surface area contributed by atoms with Crippen LogP contribution in [0.15, 0.2) is 36.4 Å². The largest absolute Gasteiger partial charge is 0.488 e. The minimum atomic E-state index is 0.123. The number of aryl methyl sites for hydroxylation is 2. The van der Waals surface area contributed by atoms with Crippen LogP contribution in [0.2, 0.25) is 0 Å². The minimum absolute atomic E-state index is 0.123. The predicted octanol–water partition coefficient (Wildman–Crippen LogP) is 5.32. The van der Waals surface area contributed by atoms with Gasteiger partial charge >= 0.3 is 5.24 Å². The molecule has 25 heavy (non-hydrogen) atoms. The van der Waals surface area contributed by atoms with Crippen molar-refractivity contribution in [2.45, 2.75) is 45.6 Å². The van der Waals surface area contributed by atoms with Gasteiger partial charge in [-0.3, -0.25) is 0 Å². The molecule has 0 saturated heterocycles. The first-order valence-corrected chi connectivity index (χ1v) is 9.13. The van der Waals surface area contributed by atoms with Crippen LogP contribution in [-0.4, -0.2) is 12.3 Å². The fraction of sp³-hybridized carbons (Fsp3) is 0.381. The Morgan fingerprint density at radius 3 is 2.60 bits per heavy atom. The van der Waals surface area contributed by atoms with Crippen LogP contribution >= 0.6 is 12.2 Å². The Morgan fingerprint density at radius 2 is 1.96 bits per heavy atom. The number of thiocarbonyl (C=S) groups is 1. The van der Waals surface area contributed by atoms with Gasteiger partial charge in [-0.15, -0.1) is 0 Å². The Bertz CT molecular complexity index is 766. The maximum Gasteiger partial charge on any atom is 0.357 e. The summed E-state index contributed by atoms with van der Waals surface area (Å²) in [6.07, 6.45) is 3.46. The zero-order valence-electron chi connectivity index (χ0n) is 15.0. The molecule has 0 N–H and O–H groups in total. The molecule has 0 amide bonds. The molecule has 2 aromatic rings. The number of benzene rings is 2. The maximum atomic E-state index is 6.13. The van der Waals surface area contributed by atoms with Crippen molar-refractivity contribution in [3.05, 3.63) is 58.7 Å². The molecule has 3 nitrogen and oxygen atoms in total. The van der Waals surface area contributed by atoms with Gasteiger partial charge < -0.3 is 14.2 Å². The van der Waals surface area contributed by atoms with Gasteiger partial charge in [-0.25, -0.2) is 0 Å². The molecule has 0 atom stereocenters. The van der Waals surface area contributed by atoms with E-state index in [1.807, 2.05) is 18.2 Å². The lowest BCUT2D eigenvalue weighted by atomic mass is 10.0. The van der Waals surface area contributed by atoms with Crippen molar-refractivity contribution in [1.82, 2.24) is 0 Å². The van der Waals surface area contributed by atoms with Crippen LogP contribution < -0.4 is 9.47 Å². The third-order valence-corrected chi connectivity index (χ3v) is 4.82. The lowest BCUT2D eigenvalue weighted by Crippen LogP contribution is -2.11. The molecule has 4 heteroatoms. The van der Waals surface area contributed by atoms with Crippen LogP contribution in [0, 0.1) is 6.92 Å². The molecule has 132 valence electrons. The van der Waals surface area contributed by atoms with Crippen molar-refractivity contribution in [3.8, 4) is 11.5 Å². The van der Waals surface area contributed by atoms with Gasteiger partial charge in [0.2, 0.25) is 0 Å². The molecule has 0 heterocycles. The van der Waals surface area contributed by atoms with Gasteiger partial charge in [-0.1, -0.05) is 31.2 Å². The molecule has 1 aliphatic carbocycles. The monoisotopic (exact) mass is 356 g/mol. The molecule has 1 saturated carbocycles. The summed E-state index contributed by atoms with van der Waals surface area (Å²) in [5.74, 6) is 2.23. The number of hydrogen-bond acceptors (Lipinski definition) is 4. The molecule has 3 rings (SSSR count). The molecule has 0 aromatic heterocycles. The molecule has 0 unspecified atom stereocenters. The molecule has 0 spiro atoms. The molecule has 1 aliphatic rings. The van der Waals surface area contributed by atoms with Gasteiger partial charge in [0, 0.05) is 17.8 Å². The fourth-order valence-corrected chi connectivity index (χ4v) is 3.07. The van der Waals surface area contributed by atoms with Crippen molar-refractivity contribution >= 4 is 17.5 Å². The summed E-state index contributed by atoms with van der Waals surface area (Å²) >= 11 is 5.06. The number of hydrogen-bond donors (Lipinski definition) is 0. The first kappa shape index (κ1) is 17.7. The molecule has 0 aliphatic heterocycles. The first-order valence-electron chi connectivity index (χ1n) is 8.72. The van der Waals surface area contributed by atoms with Gasteiger partial charge in [0.1, 0.15) is 18.1 Å². The standard InChI is InChI=1S/C21H24O3S/c1-4-15-8-11-19(14(2)12-15)23-13-18-17(16-9-10-16)6-5-7-20(18)24-21(25)22-3/h5-8,11-12,16H,4,9-10,13H2,1-3H3. The second-order valence-electron chi connectivity index (χ2n) is 6.40. The van der Waals surface area contributed by atoms with Crippen LogP contribution in [0.1, 0.15) is 47.9 Å². The highest BCUT2D eigenvalue weighted by Crippen LogP contribution is 2.44. The zero-order chi connectivity index (χ0) is 17.8. The molecule has 2 aromatic carbocycles. The van der Waals surface area contributed by atoms with Gasteiger partial charge in [-0.05, 0) is 60.9 Å². The summed E-state index contributed by atoms with van der Waals surface area (Å²) in [7, 11) is 1.52. The number of ether oxygens (including phenoxy) is 3. The van der Waals surface area contributed by atoms with E-state index in [1.54, 1.807) is 0 Å². The first-order chi connectivity index (χ1) is 12.1. The fourth-order valence-electron chi connectivity index (χ4n) is 2.98. The Kier molecular flexibility index (Phi) is 5.59. The van der Waals surface area contributed by atoms with Crippen molar-refractivity contribution in [2.24, 2.45) is 0 Å². The van der Waals surface area contributed by atoms with Crippen LogP contribution in [0.3, 0.4) is 0 Å². The molecular formula is C21H24O3S. The number of methoxy groups -OCH3 is 1. The van der Waals surface area contributed by atoms with Crippen LogP contribution in [0.5, 0.6) is 11.5 Å². The van der Waals surface area contributed by atoms with Crippen LogP contribution in [-0.2, 0) is 17.8 Å².